The third-order valence-corrected chi connectivity index (χ3v) is 9.98. The molecule has 0 saturated carbocycles. The Kier molecular flexibility index (Phi) is 7.81. The average Bonchev–Trinajstić information content (AvgIpc) is 3.40. The number of fused-ring (bicyclic) bond motifs is 1. The number of methoxy groups -OCH3 is 1. The number of amides is 1. The van der Waals surface area contributed by atoms with E-state index in [-0.39, 0.29) is 38.4 Å². The fraction of sp³-hybridized carbons (Fsp3) is 0.269. The molecule has 13 heteroatoms. The number of sulfonamides is 1. The number of rotatable bonds is 7. The Morgan fingerprint density at radius 2 is 1.95 bits per heavy atom. The van der Waals surface area contributed by atoms with Crippen molar-refractivity contribution in [2.45, 2.75) is 24.3 Å². The van der Waals surface area contributed by atoms with Crippen LogP contribution in [0.15, 0.2) is 59.6 Å². The minimum absolute atomic E-state index is 0.0222. The lowest BCUT2D eigenvalue weighted by Gasteiger charge is -2.33. The van der Waals surface area contributed by atoms with Crippen LogP contribution in [-0.2, 0) is 21.4 Å². The van der Waals surface area contributed by atoms with Gasteiger partial charge in [0, 0.05) is 25.2 Å². The Labute approximate surface area is 232 Å². The van der Waals surface area contributed by atoms with Gasteiger partial charge in [0.25, 0.3) is 0 Å². The van der Waals surface area contributed by atoms with Gasteiger partial charge in [0.1, 0.15) is 27.8 Å². The van der Waals surface area contributed by atoms with Gasteiger partial charge in [-0.3, -0.25) is 14.7 Å². The molecule has 8 nitrogen and oxygen atoms in total. The molecule has 0 atom stereocenters. The molecule has 1 aliphatic rings. The molecule has 4 aromatic rings. The summed E-state index contributed by atoms with van der Waals surface area (Å²) in [6, 6.07) is 11.1. The van der Waals surface area contributed by atoms with Crippen molar-refractivity contribution in [3.8, 4) is 5.75 Å². The van der Waals surface area contributed by atoms with Crippen molar-refractivity contribution in [1.29, 1.82) is 0 Å². The molecule has 1 amide bonds. The smallest absolute Gasteiger partial charge is 0.246 e. The summed E-state index contributed by atoms with van der Waals surface area (Å²) in [6.07, 6.45) is 2.02. The molecule has 2 aromatic carbocycles. The van der Waals surface area contributed by atoms with E-state index in [9.17, 15) is 22.0 Å². The zero-order valence-corrected chi connectivity index (χ0v) is 23.1. The molecule has 1 aliphatic heterocycles. The quantitative estimate of drug-likeness (QED) is 0.290. The summed E-state index contributed by atoms with van der Waals surface area (Å²) in [5.41, 5.74) is 1.17. The standard InChI is InChI=1S/C26H23ClF2N4O4S2/c1-37-21-8-6-19(27)24-23(21)31-26(38-24)33(15-18-4-2-3-11-30-18)25(34)16-9-12-32(13-10-16)39(35,36)22-14-17(28)5-7-20(22)29/h2-8,11,14,16H,9-10,12-13,15H2,1H3. The monoisotopic (exact) mass is 592 g/mol. The van der Waals surface area contributed by atoms with Crippen LogP contribution in [0.5, 0.6) is 5.75 Å². The molecule has 2 aromatic heterocycles. The second-order valence-electron chi connectivity index (χ2n) is 8.92. The number of hydrogen-bond donors (Lipinski definition) is 0. The van der Waals surface area contributed by atoms with Crippen molar-refractivity contribution in [3.63, 3.8) is 0 Å². The van der Waals surface area contributed by atoms with Gasteiger partial charge in [0.2, 0.25) is 15.9 Å². The van der Waals surface area contributed by atoms with Crippen LogP contribution in [0.25, 0.3) is 10.2 Å². The number of piperidine rings is 1. The van der Waals surface area contributed by atoms with Gasteiger partial charge in [-0.2, -0.15) is 4.31 Å². The minimum atomic E-state index is -4.27. The van der Waals surface area contributed by atoms with Crippen LogP contribution in [0, 0.1) is 17.6 Å². The first-order valence-corrected chi connectivity index (χ1v) is 14.6. The maximum atomic E-state index is 14.2. The van der Waals surface area contributed by atoms with E-state index in [1.807, 2.05) is 6.07 Å². The highest BCUT2D eigenvalue weighted by molar-refractivity contribution is 7.89. The summed E-state index contributed by atoms with van der Waals surface area (Å²) in [5, 5.41) is 0.881. The van der Waals surface area contributed by atoms with Crippen LogP contribution in [0.1, 0.15) is 18.5 Å². The maximum absolute atomic E-state index is 14.2. The second-order valence-corrected chi connectivity index (χ2v) is 12.2. The van der Waals surface area contributed by atoms with Gasteiger partial charge in [0.15, 0.2) is 5.13 Å². The number of thiazole rings is 1. The van der Waals surface area contributed by atoms with Crippen molar-refractivity contribution in [2.24, 2.45) is 5.92 Å². The van der Waals surface area contributed by atoms with E-state index in [0.29, 0.717) is 37.9 Å². The number of carbonyl (C=O) groups excluding carboxylic acids is 1. The number of aromatic nitrogens is 2. The van der Waals surface area contributed by atoms with Gasteiger partial charge in [0.05, 0.1) is 29.1 Å². The maximum Gasteiger partial charge on any atom is 0.246 e. The van der Waals surface area contributed by atoms with Gasteiger partial charge < -0.3 is 4.74 Å². The molecular formula is C26H23ClF2N4O4S2. The largest absolute Gasteiger partial charge is 0.494 e. The Morgan fingerprint density at radius 3 is 2.64 bits per heavy atom. The van der Waals surface area contributed by atoms with Gasteiger partial charge >= 0.3 is 0 Å². The topological polar surface area (TPSA) is 92.7 Å². The van der Waals surface area contributed by atoms with Crippen molar-refractivity contribution in [3.05, 3.63) is 77.1 Å². The summed E-state index contributed by atoms with van der Waals surface area (Å²) >= 11 is 7.66. The zero-order valence-electron chi connectivity index (χ0n) is 20.7. The SMILES string of the molecule is COc1ccc(Cl)c2sc(N(Cc3ccccn3)C(=O)C3CCN(S(=O)(=O)c4cc(F)ccc4F)CC3)nc12. The summed E-state index contributed by atoms with van der Waals surface area (Å²) in [5.74, 6) is -2.13. The first kappa shape index (κ1) is 27.4. The van der Waals surface area contributed by atoms with Gasteiger partial charge in [-0.05, 0) is 55.3 Å². The number of ether oxygens (including phenoxy) is 1. The summed E-state index contributed by atoms with van der Waals surface area (Å²) in [4.78, 5) is 23.7. The van der Waals surface area contributed by atoms with Gasteiger partial charge in [-0.15, -0.1) is 0 Å². The fourth-order valence-corrected chi connectivity index (χ4v) is 7.30. The first-order chi connectivity index (χ1) is 18.7. The normalized spacial score (nSPS) is 15.0. The van der Waals surface area contributed by atoms with Crippen molar-refractivity contribution >= 4 is 54.2 Å². The number of anilines is 1. The molecule has 0 spiro atoms. The molecule has 39 heavy (non-hydrogen) atoms. The molecule has 3 heterocycles. The molecule has 0 bridgehead atoms. The van der Waals surface area contributed by atoms with Crippen LogP contribution in [0.2, 0.25) is 5.02 Å². The number of nitrogens with zero attached hydrogens (tertiary/aromatic N) is 4. The van der Waals surface area contributed by atoms with Gasteiger partial charge in [-0.1, -0.05) is 29.0 Å². The van der Waals surface area contributed by atoms with E-state index in [2.05, 4.69) is 9.97 Å². The molecule has 0 unspecified atom stereocenters. The van der Waals surface area contributed by atoms with E-state index < -0.39 is 32.5 Å². The molecule has 0 N–H and O–H groups in total. The van der Waals surface area contributed by atoms with Crippen LogP contribution < -0.4 is 9.64 Å². The number of hydrogen-bond acceptors (Lipinski definition) is 7. The van der Waals surface area contributed by atoms with Crippen molar-refractivity contribution in [2.75, 3.05) is 25.1 Å². The fourth-order valence-electron chi connectivity index (χ4n) is 4.49. The third kappa shape index (κ3) is 5.46. The van der Waals surface area contributed by atoms with Crippen LogP contribution in [0.4, 0.5) is 13.9 Å². The predicted molar refractivity (Wildman–Crippen MR) is 144 cm³/mol. The summed E-state index contributed by atoms with van der Waals surface area (Å²) < 4.78 is 61.1. The van der Waals surface area contributed by atoms with E-state index in [0.717, 1.165) is 16.4 Å². The molecule has 5 rings (SSSR count). The highest BCUT2D eigenvalue weighted by Crippen LogP contribution is 2.40. The van der Waals surface area contributed by atoms with E-state index in [1.165, 1.54) is 23.3 Å². The second kappa shape index (κ2) is 11.1. The Morgan fingerprint density at radius 1 is 1.18 bits per heavy atom. The third-order valence-electron chi connectivity index (χ3n) is 6.52. The van der Waals surface area contributed by atoms with Gasteiger partial charge in [-0.25, -0.2) is 22.2 Å². The molecular weight excluding hydrogens is 570 g/mol. The first-order valence-electron chi connectivity index (χ1n) is 12.0. The Bertz CT molecular complexity index is 1630. The molecule has 0 radical (unpaired) electrons. The molecule has 1 fully saturated rings. The lowest BCUT2D eigenvalue weighted by atomic mass is 9.96. The van der Waals surface area contributed by atoms with Crippen LogP contribution in [0.3, 0.4) is 0 Å². The Balaban J connectivity index is 1.41. The molecule has 204 valence electrons. The highest BCUT2D eigenvalue weighted by Gasteiger charge is 2.36. The number of halogens is 3. The number of carbonyl (C=O) groups is 1. The van der Waals surface area contributed by atoms with E-state index in [1.54, 1.807) is 30.5 Å². The lowest BCUT2D eigenvalue weighted by Crippen LogP contribution is -2.44. The van der Waals surface area contributed by atoms with Crippen LogP contribution >= 0.6 is 22.9 Å². The summed E-state index contributed by atoms with van der Waals surface area (Å²) in [6.45, 7) is 0.101. The Hall–Kier alpha value is -3.19. The lowest BCUT2D eigenvalue weighted by molar-refractivity contribution is -0.123. The minimum Gasteiger partial charge on any atom is -0.494 e. The van der Waals surface area contributed by atoms with Crippen molar-refractivity contribution < 1.29 is 26.7 Å². The molecule has 1 saturated heterocycles. The zero-order chi connectivity index (χ0) is 27.7. The van der Waals surface area contributed by atoms with E-state index >= 15 is 0 Å². The predicted octanol–water partition coefficient (Wildman–Crippen LogP) is 5.27. The number of pyridine rings is 1. The number of benzene rings is 2. The average molecular weight is 593 g/mol. The highest BCUT2D eigenvalue weighted by atomic mass is 35.5. The van der Waals surface area contributed by atoms with E-state index in [4.69, 9.17) is 16.3 Å². The van der Waals surface area contributed by atoms with Crippen molar-refractivity contribution in [1.82, 2.24) is 14.3 Å². The molecule has 0 aliphatic carbocycles. The summed E-state index contributed by atoms with van der Waals surface area (Å²) in [7, 11) is -2.75. The van der Waals surface area contributed by atoms with Crippen LogP contribution in [-0.4, -0.2) is 48.8 Å².